The Hall–Kier alpha value is -2.71. The molecule has 38 heavy (non-hydrogen) atoms. The van der Waals surface area contributed by atoms with Crippen LogP contribution in [0.3, 0.4) is 0 Å². The molecule has 1 aliphatic heterocycles. The fourth-order valence-corrected chi connectivity index (χ4v) is 5.97. The third-order valence-corrected chi connectivity index (χ3v) is 7.96. The molecule has 0 saturated carbocycles. The van der Waals surface area contributed by atoms with E-state index in [4.69, 9.17) is 4.74 Å². The van der Waals surface area contributed by atoms with Crippen molar-refractivity contribution >= 4 is 40.8 Å². The molecule has 0 fully saturated rings. The molecule has 0 spiro atoms. The zero-order valence-corrected chi connectivity index (χ0v) is 23.9. The second-order valence-electron chi connectivity index (χ2n) is 8.95. The largest absolute Gasteiger partial charge is 1.00 e. The van der Waals surface area contributed by atoms with Crippen LogP contribution in [0.25, 0.3) is 23.1 Å². The third kappa shape index (κ3) is 6.12. The van der Waals surface area contributed by atoms with Gasteiger partial charge in [-0.1, -0.05) is 49.4 Å². The third-order valence-electron chi connectivity index (χ3n) is 6.53. The van der Waals surface area contributed by atoms with Gasteiger partial charge in [0.05, 0.1) is 16.5 Å². The molecule has 2 heterocycles. The van der Waals surface area contributed by atoms with Gasteiger partial charge in [-0.05, 0) is 53.5 Å². The van der Waals surface area contributed by atoms with Gasteiger partial charge >= 0.3 is 29.6 Å². The first-order valence-corrected chi connectivity index (χ1v) is 13.1. The van der Waals surface area contributed by atoms with Gasteiger partial charge in [-0.2, -0.15) is 0 Å². The van der Waals surface area contributed by atoms with E-state index in [1.165, 1.54) is 0 Å². The topological polar surface area (TPSA) is 62.2 Å². The fraction of sp³-hybridized carbons (Fsp3) is 0.200. The normalized spacial score (nSPS) is 15.2. The molecule has 3 aromatic carbocycles. The van der Waals surface area contributed by atoms with Gasteiger partial charge in [0.2, 0.25) is 0 Å². The number of pyridine rings is 1. The van der Waals surface area contributed by atoms with Crippen molar-refractivity contribution in [1.29, 1.82) is 0 Å². The maximum absolute atomic E-state index is 13.7. The number of halogens is 2. The summed E-state index contributed by atoms with van der Waals surface area (Å²) in [5.41, 5.74) is 5.04. The summed E-state index contributed by atoms with van der Waals surface area (Å²) >= 11 is 1.58. The van der Waals surface area contributed by atoms with Crippen LogP contribution in [0.1, 0.15) is 46.5 Å². The number of rotatable bonds is 7. The molecule has 0 aliphatic carbocycles. The average molecular weight is 540 g/mol. The van der Waals surface area contributed by atoms with E-state index in [1.54, 1.807) is 23.9 Å². The van der Waals surface area contributed by atoms with Crippen LogP contribution >= 0.6 is 11.8 Å². The molecule has 0 bridgehead atoms. The molecule has 0 N–H and O–H groups in total. The summed E-state index contributed by atoms with van der Waals surface area (Å²) in [5.74, 6) is -2.21. The minimum absolute atomic E-state index is 0. The van der Waals surface area contributed by atoms with Gasteiger partial charge in [-0.3, -0.25) is 0 Å². The van der Waals surface area contributed by atoms with E-state index in [1.807, 2.05) is 55.5 Å². The zero-order valence-electron chi connectivity index (χ0n) is 21.1. The van der Waals surface area contributed by atoms with Crippen LogP contribution in [0, 0.1) is 17.6 Å². The Balaban J connectivity index is 0.00000336. The van der Waals surface area contributed by atoms with E-state index in [9.17, 15) is 18.7 Å². The van der Waals surface area contributed by atoms with Crippen molar-refractivity contribution in [2.75, 3.05) is 5.75 Å². The maximum Gasteiger partial charge on any atom is 1.00 e. The van der Waals surface area contributed by atoms with Gasteiger partial charge < -0.3 is 14.6 Å². The number of carboxylic acids is 1. The standard InChI is InChI=1S/C30H25F2NO3S.Na/c1-2-19(30(34)35)17-37-29-23-6-4-3-5-21(23)16-36-28-12-8-18(13-24(28)29)7-10-22-11-9-20-14-25(31)26(32)15-27(20)33-22;/h3-15,19,29H,2,16-17H2,1H3,(H,34,35);/q;+1/p-1. The van der Waals surface area contributed by atoms with E-state index in [2.05, 4.69) is 11.1 Å². The van der Waals surface area contributed by atoms with E-state index in [0.29, 0.717) is 35.4 Å². The van der Waals surface area contributed by atoms with Crippen molar-refractivity contribution in [2.24, 2.45) is 5.92 Å². The molecule has 1 aliphatic rings. The van der Waals surface area contributed by atoms with Crippen LogP contribution < -0.4 is 39.4 Å². The predicted octanol–water partition coefficient (Wildman–Crippen LogP) is 3.18. The Morgan fingerprint density at radius 1 is 1.08 bits per heavy atom. The molecule has 5 rings (SSSR count). The Morgan fingerprint density at radius 2 is 1.87 bits per heavy atom. The Morgan fingerprint density at radius 3 is 2.66 bits per heavy atom. The number of fused-ring (bicyclic) bond motifs is 3. The molecular weight excluding hydrogens is 515 g/mol. The van der Waals surface area contributed by atoms with Gasteiger partial charge in [0.1, 0.15) is 12.4 Å². The quantitative estimate of drug-likeness (QED) is 0.338. The molecule has 8 heteroatoms. The number of benzene rings is 3. The Bertz CT molecular complexity index is 1510. The molecule has 0 radical (unpaired) electrons. The Kier molecular flexibility index (Phi) is 9.26. The SMILES string of the molecule is CCC(CSC1c2ccccc2COc2ccc(C=Cc3ccc4cc(F)c(F)cc4n3)cc21)C(=O)[O-].[Na+]. The zero-order chi connectivity index (χ0) is 25.9. The van der Waals surface area contributed by atoms with Crippen LogP contribution in [0.2, 0.25) is 0 Å². The first-order chi connectivity index (χ1) is 17.9. The van der Waals surface area contributed by atoms with Crippen molar-refractivity contribution in [3.63, 3.8) is 0 Å². The number of thioether (sulfide) groups is 1. The summed E-state index contributed by atoms with van der Waals surface area (Å²) in [6, 6.07) is 19.7. The van der Waals surface area contributed by atoms with Crippen LogP contribution in [0.4, 0.5) is 8.78 Å². The molecule has 188 valence electrons. The second kappa shape index (κ2) is 12.4. The van der Waals surface area contributed by atoms with Crippen molar-refractivity contribution < 1.29 is 53.0 Å². The number of ether oxygens (including phenoxy) is 1. The van der Waals surface area contributed by atoms with E-state index >= 15 is 0 Å². The second-order valence-corrected chi connectivity index (χ2v) is 10.1. The number of nitrogens with zero attached hydrogens (tertiary/aromatic N) is 1. The number of hydrogen-bond acceptors (Lipinski definition) is 5. The molecule has 1 aromatic heterocycles. The van der Waals surface area contributed by atoms with Crippen molar-refractivity contribution in [1.82, 2.24) is 4.98 Å². The van der Waals surface area contributed by atoms with E-state index in [0.717, 1.165) is 40.1 Å². The fourth-order valence-electron chi connectivity index (χ4n) is 4.40. The molecule has 2 unspecified atom stereocenters. The van der Waals surface area contributed by atoms with Crippen LogP contribution in [-0.4, -0.2) is 16.7 Å². The molecule has 4 aromatic rings. The summed E-state index contributed by atoms with van der Waals surface area (Å²) < 4.78 is 33.3. The monoisotopic (exact) mass is 539 g/mol. The number of hydrogen-bond donors (Lipinski definition) is 0. The number of carbonyl (C=O) groups excluding carboxylic acids is 1. The molecule has 4 nitrogen and oxygen atoms in total. The maximum atomic E-state index is 13.7. The molecule has 2 atom stereocenters. The number of carbonyl (C=O) groups is 1. The smallest absolute Gasteiger partial charge is 0.550 e. The van der Waals surface area contributed by atoms with Crippen LogP contribution in [0.15, 0.2) is 66.7 Å². The number of carboxylic acid groups (broad SMARTS) is 1. The van der Waals surface area contributed by atoms with Crippen LogP contribution in [-0.2, 0) is 11.4 Å². The first-order valence-electron chi connectivity index (χ1n) is 12.0. The molecule has 0 saturated heterocycles. The summed E-state index contributed by atoms with van der Waals surface area (Å²) in [7, 11) is 0. The van der Waals surface area contributed by atoms with Gasteiger partial charge in [0.25, 0.3) is 0 Å². The number of aromatic nitrogens is 1. The molecular formula is C30H24F2NNaO3S. The summed E-state index contributed by atoms with van der Waals surface area (Å²) in [5, 5.41) is 12.0. The van der Waals surface area contributed by atoms with Gasteiger partial charge in [0, 0.05) is 34.7 Å². The van der Waals surface area contributed by atoms with Crippen molar-refractivity contribution in [3.05, 3.63) is 106 Å². The minimum atomic E-state index is -1.03. The minimum Gasteiger partial charge on any atom is -0.550 e. The van der Waals surface area contributed by atoms with E-state index < -0.39 is 23.5 Å². The predicted molar refractivity (Wildman–Crippen MR) is 141 cm³/mol. The Labute approximate surface area is 246 Å². The summed E-state index contributed by atoms with van der Waals surface area (Å²) in [4.78, 5) is 16.0. The van der Waals surface area contributed by atoms with Gasteiger partial charge in [-0.15, -0.1) is 11.8 Å². The first kappa shape index (κ1) is 28.3. The van der Waals surface area contributed by atoms with Crippen LogP contribution in [0.5, 0.6) is 5.75 Å². The van der Waals surface area contributed by atoms with E-state index in [-0.39, 0.29) is 34.8 Å². The number of aliphatic carboxylic acids is 1. The van der Waals surface area contributed by atoms with Gasteiger partial charge in [0.15, 0.2) is 11.6 Å². The molecule has 0 amide bonds. The summed E-state index contributed by atoms with van der Waals surface area (Å²) in [6.07, 6.45) is 4.23. The average Bonchev–Trinajstić information content (AvgIpc) is 3.05. The van der Waals surface area contributed by atoms with Crippen molar-refractivity contribution in [2.45, 2.75) is 25.2 Å². The summed E-state index contributed by atoms with van der Waals surface area (Å²) in [6.45, 7) is 2.29. The van der Waals surface area contributed by atoms with Crippen molar-refractivity contribution in [3.8, 4) is 5.75 Å². The van der Waals surface area contributed by atoms with Gasteiger partial charge in [-0.25, -0.2) is 13.8 Å².